The molecule has 0 aromatic heterocycles. The van der Waals surface area contributed by atoms with Gasteiger partial charge in [-0.3, -0.25) is 24.0 Å². The van der Waals surface area contributed by atoms with Crippen LogP contribution in [0.4, 0.5) is 22.7 Å². The number of methoxy groups -OCH3 is 3. The van der Waals surface area contributed by atoms with Crippen LogP contribution in [0.25, 0.3) is 6.08 Å². The van der Waals surface area contributed by atoms with Crippen molar-refractivity contribution in [3.05, 3.63) is 118 Å². The Morgan fingerprint density at radius 2 is 1.08 bits per heavy atom. The van der Waals surface area contributed by atoms with Gasteiger partial charge in [-0.2, -0.15) is 5.26 Å². The molecule has 0 bridgehead atoms. The molecule has 0 heterocycles. The Labute approximate surface area is 369 Å². The van der Waals surface area contributed by atoms with Crippen LogP contribution in [0.2, 0.25) is 0 Å². The van der Waals surface area contributed by atoms with E-state index in [9.17, 15) is 54.5 Å². The minimum Gasteiger partial charge on any atom is -0.508 e. The number of nitrogens with one attached hydrogen (secondary N) is 5. The van der Waals surface area contributed by atoms with Crippen molar-refractivity contribution in [1.82, 2.24) is 5.32 Å². The zero-order valence-electron chi connectivity index (χ0n) is 34.8. The van der Waals surface area contributed by atoms with Crippen molar-refractivity contribution in [3.8, 4) is 46.3 Å². The number of carbonyl (C=O) groups is 6. The van der Waals surface area contributed by atoms with E-state index >= 15 is 0 Å². The Bertz CT molecular complexity index is 2760. The van der Waals surface area contributed by atoms with Crippen molar-refractivity contribution < 1.29 is 68.5 Å². The molecule has 5 rings (SSSR count). The summed E-state index contributed by atoms with van der Waals surface area (Å²) in [5.41, 5.74) is -0.244. The fourth-order valence-electron chi connectivity index (χ4n) is 6.13. The number of amides is 5. The third-order valence-corrected chi connectivity index (χ3v) is 9.44. The summed E-state index contributed by atoms with van der Waals surface area (Å²) in [6.45, 7) is 1.54. The van der Waals surface area contributed by atoms with Gasteiger partial charge in [-0.15, -0.1) is 0 Å². The first-order chi connectivity index (χ1) is 31.0. The van der Waals surface area contributed by atoms with E-state index < -0.39 is 71.0 Å². The van der Waals surface area contributed by atoms with Crippen molar-refractivity contribution in [2.24, 2.45) is 0 Å². The van der Waals surface area contributed by atoms with Gasteiger partial charge in [0, 0.05) is 11.3 Å². The number of nitrogens with zero attached hydrogens (tertiary/aromatic N) is 1. The lowest BCUT2D eigenvalue weighted by atomic mass is 10.1. The molecule has 65 heavy (non-hydrogen) atoms. The number of phenolic OH excluding ortho intramolecular Hbond substituents is 4. The third-order valence-electron chi connectivity index (χ3n) is 9.44. The molecule has 0 aliphatic carbocycles. The highest BCUT2D eigenvalue weighted by Crippen LogP contribution is 2.41. The van der Waals surface area contributed by atoms with Crippen LogP contribution in [0.3, 0.4) is 0 Å². The molecule has 0 radical (unpaired) electrons. The van der Waals surface area contributed by atoms with E-state index in [-0.39, 0.29) is 67.8 Å². The molecule has 0 saturated carbocycles. The van der Waals surface area contributed by atoms with E-state index in [4.69, 9.17) is 19.3 Å². The van der Waals surface area contributed by atoms with Crippen LogP contribution < -0.4 is 40.8 Å². The van der Waals surface area contributed by atoms with E-state index in [1.54, 1.807) is 24.3 Å². The summed E-state index contributed by atoms with van der Waals surface area (Å²) in [4.78, 5) is 77.4. The van der Waals surface area contributed by atoms with E-state index in [0.717, 1.165) is 26.4 Å². The molecule has 5 aromatic rings. The predicted octanol–water partition coefficient (Wildman–Crippen LogP) is 5.43. The number of benzene rings is 5. The fourth-order valence-corrected chi connectivity index (χ4v) is 6.13. The van der Waals surface area contributed by atoms with Gasteiger partial charge in [0.15, 0.2) is 34.5 Å². The number of carboxylic acids is 1. The van der Waals surface area contributed by atoms with Gasteiger partial charge in [0.2, 0.25) is 5.91 Å². The van der Waals surface area contributed by atoms with Crippen molar-refractivity contribution >= 4 is 64.3 Å². The van der Waals surface area contributed by atoms with Gasteiger partial charge in [0.1, 0.15) is 11.8 Å². The van der Waals surface area contributed by atoms with Crippen LogP contribution in [-0.4, -0.2) is 88.4 Å². The van der Waals surface area contributed by atoms with Gasteiger partial charge in [-0.25, -0.2) is 4.79 Å². The van der Waals surface area contributed by atoms with Crippen LogP contribution in [0.5, 0.6) is 40.2 Å². The maximum atomic E-state index is 13.5. The SMILES string of the molecule is COc1c(NC(=O)/C(C)=C/c2ccc(O)cc2)ccc(C(=O)NC(CC#N)C(=O)Nc2ccc(C(=O)Nc3ccc(C(=O)Nc4ccc(C(=O)O)cc4)c(O)c3OC)c(O)c2OC)c1O. The largest absolute Gasteiger partial charge is 0.508 e. The molecule has 20 heteroatoms. The van der Waals surface area contributed by atoms with E-state index in [1.807, 2.05) is 0 Å². The molecule has 0 spiro atoms. The zero-order chi connectivity index (χ0) is 47.5. The van der Waals surface area contributed by atoms with Crippen LogP contribution in [-0.2, 0) is 9.59 Å². The van der Waals surface area contributed by atoms with Gasteiger partial charge in [-0.1, -0.05) is 12.1 Å². The van der Waals surface area contributed by atoms with Crippen LogP contribution in [0.1, 0.15) is 60.3 Å². The van der Waals surface area contributed by atoms with Crippen molar-refractivity contribution in [2.45, 2.75) is 19.4 Å². The first-order valence-corrected chi connectivity index (χ1v) is 18.9. The second-order valence-electron chi connectivity index (χ2n) is 13.7. The Morgan fingerprint density at radius 1 is 0.615 bits per heavy atom. The monoisotopic (exact) mass is 888 g/mol. The maximum absolute atomic E-state index is 13.5. The smallest absolute Gasteiger partial charge is 0.335 e. The predicted molar refractivity (Wildman–Crippen MR) is 234 cm³/mol. The number of aromatic carboxylic acids is 1. The van der Waals surface area contributed by atoms with E-state index in [0.29, 0.717) is 5.56 Å². The van der Waals surface area contributed by atoms with E-state index in [1.165, 1.54) is 74.7 Å². The molecule has 0 aliphatic heterocycles. The van der Waals surface area contributed by atoms with Gasteiger partial charge >= 0.3 is 5.97 Å². The number of anilines is 4. The first kappa shape index (κ1) is 46.8. The Morgan fingerprint density at radius 3 is 1.55 bits per heavy atom. The van der Waals surface area contributed by atoms with Gasteiger partial charge in [0.25, 0.3) is 23.6 Å². The summed E-state index contributed by atoms with van der Waals surface area (Å²) in [5, 5.41) is 73.5. The molecular weight excluding hydrogens is 849 g/mol. The Hall–Kier alpha value is -9.25. The zero-order valence-corrected chi connectivity index (χ0v) is 34.8. The molecular formula is C45H40N6O14. The molecule has 0 fully saturated rings. The lowest BCUT2D eigenvalue weighted by molar-refractivity contribution is -0.118. The number of rotatable bonds is 16. The first-order valence-electron chi connectivity index (χ1n) is 18.9. The Balaban J connectivity index is 1.28. The number of hydrogen-bond acceptors (Lipinski definition) is 14. The van der Waals surface area contributed by atoms with Crippen molar-refractivity contribution in [2.75, 3.05) is 42.6 Å². The summed E-state index contributed by atoms with van der Waals surface area (Å²) in [6.07, 6.45) is 0.986. The summed E-state index contributed by atoms with van der Waals surface area (Å²) in [7, 11) is 3.48. The second kappa shape index (κ2) is 20.5. The maximum Gasteiger partial charge on any atom is 0.335 e. The van der Waals surface area contributed by atoms with Crippen molar-refractivity contribution in [1.29, 1.82) is 5.26 Å². The normalized spacial score (nSPS) is 11.2. The summed E-state index contributed by atoms with van der Waals surface area (Å²) in [5.74, 6) is -8.54. The minimum atomic E-state index is -1.55. The number of ether oxygens (including phenoxy) is 3. The molecule has 10 N–H and O–H groups in total. The number of carboxylic acid groups (broad SMARTS) is 1. The standard InChI is InChI=1S/C45H40N6O14/c1-22(21-23-5-11-26(52)12-6-23)40(56)48-30-16-14-29(36(55)37(30)63-2)43(59)51-33(19-20-46)44(60)50-32-18-15-28(35(54)39(32)65-4)42(58)49-31-17-13-27(34(53)38(31)64-3)41(57)47-25-9-7-24(8-10-25)45(61)62/h5-18,21,33,52-55H,19H2,1-4H3,(H,47,57)(H,48,56)(H,49,58)(H,50,60)(H,51,59)(H,61,62)/b22-21+. The van der Waals surface area contributed by atoms with E-state index in [2.05, 4.69) is 26.6 Å². The molecule has 20 nitrogen and oxygen atoms in total. The third kappa shape index (κ3) is 10.8. The topological polar surface area (TPSA) is 315 Å². The molecule has 334 valence electrons. The van der Waals surface area contributed by atoms with Gasteiger partial charge in [-0.05, 0) is 91.4 Å². The highest BCUT2D eigenvalue weighted by molar-refractivity contribution is 6.12. The van der Waals surface area contributed by atoms with Gasteiger partial charge < -0.3 is 66.3 Å². The quantitative estimate of drug-likeness (QED) is 0.0552. The molecule has 5 amide bonds. The Kier molecular flexibility index (Phi) is 14.8. The highest BCUT2D eigenvalue weighted by Gasteiger charge is 2.28. The summed E-state index contributed by atoms with van der Waals surface area (Å²) >= 11 is 0. The molecule has 1 unspecified atom stereocenters. The highest BCUT2D eigenvalue weighted by atomic mass is 16.5. The van der Waals surface area contributed by atoms with Crippen molar-refractivity contribution in [3.63, 3.8) is 0 Å². The minimum absolute atomic E-state index is 0.000344. The second-order valence-corrected chi connectivity index (χ2v) is 13.7. The molecule has 0 saturated heterocycles. The van der Waals surface area contributed by atoms with Crippen LogP contribution in [0.15, 0.2) is 90.5 Å². The summed E-state index contributed by atoms with van der Waals surface area (Å²) < 4.78 is 15.8. The molecule has 1 atom stereocenters. The van der Waals surface area contributed by atoms with Gasteiger partial charge in [0.05, 0.1) is 73.1 Å². The number of phenols is 4. The lowest BCUT2D eigenvalue weighted by Gasteiger charge is -2.20. The molecule has 5 aromatic carbocycles. The average molecular weight is 889 g/mol. The summed E-state index contributed by atoms with van der Waals surface area (Å²) in [6, 6.07) is 18.8. The lowest BCUT2D eigenvalue weighted by Crippen LogP contribution is -2.43. The average Bonchev–Trinajstić information content (AvgIpc) is 3.27. The number of aromatic hydroxyl groups is 4. The molecule has 0 aliphatic rings. The number of hydrogen-bond donors (Lipinski definition) is 10. The van der Waals surface area contributed by atoms with Crippen LogP contribution >= 0.6 is 0 Å². The number of carbonyl (C=O) groups excluding carboxylic acids is 5. The van der Waals surface area contributed by atoms with Crippen LogP contribution in [0, 0.1) is 11.3 Å². The number of nitriles is 1. The fraction of sp³-hybridized carbons (Fsp3) is 0.133.